The fourth-order valence-corrected chi connectivity index (χ4v) is 2.08. The van der Waals surface area contributed by atoms with Crippen LogP contribution >= 0.6 is 0 Å². The summed E-state index contributed by atoms with van der Waals surface area (Å²) < 4.78 is 0. The van der Waals surface area contributed by atoms with Gasteiger partial charge < -0.3 is 5.11 Å². The Bertz CT molecular complexity index is 571. The number of hydrogen-bond acceptors (Lipinski definition) is 4. The van der Waals surface area contributed by atoms with Crippen LogP contribution in [0.15, 0.2) is 36.4 Å². The van der Waals surface area contributed by atoms with Gasteiger partial charge in [-0.1, -0.05) is 18.7 Å². The first-order valence-corrected chi connectivity index (χ1v) is 6.27. The van der Waals surface area contributed by atoms with Gasteiger partial charge in [-0.2, -0.15) is 0 Å². The van der Waals surface area contributed by atoms with Gasteiger partial charge in [0.15, 0.2) is 5.78 Å². The van der Waals surface area contributed by atoms with Gasteiger partial charge in [-0.25, -0.2) is 4.90 Å². The second-order valence-electron chi connectivity index (χ2n) is 4.75. The van der Waals surface area contributed by atoms with Crippen molar-refractivity contribution in [3.05, 3.63) is 47.5 Å². The quantitative estimate of drug-likeness (QED) is 0.652. The van der Waals surface area contributed by atoms with Gasteiger partial charge in [-0.15, -0.1) is 0 Å². The molecule has 1 aromatic rings. The van der Waals surface area contributed by atoms with Gasteiger partial charge in [0.2, 0.25) is 0 Å². The first-order valence-electron chi connectivity index (χ1n) is 6.27. The number of aliphatic hydroxyl groups excluding tert-OH is 1. The smallest absolute Gasteiger partial charge is 0.263 e. The SMILES string of the molecule is C=C(C)C(=O)CCC(O)N1C(=O)c2ccccc2C1=O. The number of benzene rings is 1. The molecule has 0 radical (unpaired) electrons. The van der Waals surface area contributed by atoms with Crippen LogP contribution in [0.5, 0.6) is 0 Å². The van der Waals surface area contributed by atoms with Crippen LogP contribution in [0.4, 0.5) is 0 Å². The number of carbonyl (C=O) groups excluding carboxylic acids is 3. The molecule has 5 heteroatoms. The maximum Gasteiger partial charge on any atom is 0.263 e. The average molecular weight is 273 g/mol. The van der Waals surface area contributed by atoms with E-state index < -0.39 is 18.0 Å². The molecule has 1 heterocycles. The van der Waals surface area contributed by atoms with Crippen molar-refractivity contribution < 1.29 is 19.5 Å². The summed E-state index contributed by atoms with van der Waals surface area (Å²) in [5.41, 5.74) is 0.949. The monoisotopic (exact) mass is 273 g/mol. The molecule has 0 fully saturated rings. The van der Waals surface area contributed by atoms with Crippen molar-refractivity contribution >= 4 is 17.6 Å². The Hall–Kier alpha value is -2.27. The Morgan fingerprint density at radius 2 is 1.75 bits per heavy atom. The van der Waals surface area contributed by atoms with Crippen LogP contribution in [0.3, 0.4) is 0 Å². The van der Waals surface area contributed by atoms with Crippen LogP contribution < -0.4 is 0 Å². The number of nitrogens with zero attached hydrogens (tertiary/aromatic N) is 1. The van der Waals surface area contributed by atoms with Crippen molar-refractivity contribution in [2.75, 3.05) is 0 Å². The molecule has 1 aliphatic rings. The normalized spacial score (nSPS) is 15.2. The molecule has 0 bridgehead atoms. The number of rotatable bonds is 5. The lowest BCUT2D eigenvalue weighted by Crippen LogP contribution is -2.40. The van der Waals surface area contributed by atoms with Crippen LogP contribution in [0.1, 0.15) is 40.5 Å². The molecule has 1 aromatic carbocycles. The first-order chi connectivity index (χ1) is 9.43. The molecule has 0 spiro atoms. The van der Waals surface area contributed by atoms with Crippen LogP contribution in [-0.4, -0.2) is 33.8 Å². The summed E-state index contributed by atoms with van der Waals surface area (Å²) in [4.78, 5) is 36.4. The van der Waals surface area contributed by atoms with Crippen molar-refractivity contribution in [2.45, 2.75) is 26.0 Å². The maximum absolute atomic E-state index is 12.1. The van der Waals surface area contributed by atoms with E-state index in [1.54, 1.807) is 31.2 Å². The zero-order chi connectivity index (χ0) is 14.9. The molecule has 2 amide bonds. The fraction of sp³-hybridized carbons (Fsp3) is 0.267. The molecular weight excluding hydrogens is 258 g/mol. The molecule has 0 aromatic heterocycles. The van der Waals surface area contributed by atoms with Crippen LogP contribution in [0, 0.1) is 0 Å². The third kappa shape index (κ3) is 2.40. The Morgan fingerprint density at radius 3 is 2.20 bits per heavy atom. The Kier molecular flexibility index (Phi) is 3.81. The van der Waals surface area contributed by atoms with Gasteiger partial charge in [0.25, 0.3) is 11.8 Å². The highest BCUT2D eigenvalue weighted by Gasteiger charge is 2.39. The molecule has 0 saturated carbocycles. The number of fused-ring (bicyclic) bond motifs is 1. The molecule has 1 atom stereocenters. The van der Waals surface area contributed by atoms with Crippen LogP contribution in [-0.2, 0) is 4.79 Å². The minimum absolute atomic E-state index is 0.0111. The molecule has 0 saturated heterocycles. The summed E-state index contributed by atoms with van der Waals surface area (Å²) in [6.45, 7) is 5.09. The number of amides is 2. The van der Waals surface area contributed by atoms with Crippen molar-refractivity contribution in [1.82, 2.24) is 4.90 Å². The lowest BCUT2D eigenvalue weighted by Gasteiger charge is -2.20. The number of hydrogen-bond donors (Lipinski definition) is 1. The molecule has 5 nitrogen and oxygen atoms in total. The van der Waals surface area contributed by atoms with Crippen molar-refractivity contribution in [1.29, 1.82) is 0 Å². The first kappa shape index (κ1) is 14.1. The summed E-state index contributed by atoms with van der Waals surface area (Å²) in [6.07, 6.45) is -1.24. The van der Waals surface area contributed by atoms with Gasteiger partial charge in [-0.05, 0) is 31.1 Å². The van der Waals surface area contributed by atoms with Gasteiger partial charge in [0.05, 0.1) is 11.1 Å². The van der Waals surface area contributed by atoms with E-state index in [0.29, 0.717) is 5.57 Å². The van der Waals surface area contributed by atoms with Crippen molar-refractivity contribution in [3.63, 3.8) is 0 Å². The second-order valence-corrected chi connectivity index (χ2v) is 4.75. The van der Waals surface area contributed by atoms with E-state index in [2.05, 4.69) is 6.58 Å². The van der Waals surface area contributed by atoms with Gasteiger partial charge in [0, 0.05) is 6.42 Å². The Morgan fingerprint density at radius 1 is 1.25 bits per heavy atom. The topological polar surface area (TPSA) is 74.7 Å². The van der Waals surface area contributed by atoms with E-state index in [9.17, 15) is 19.5 Å². The van der Waals surface area contributed by atoms with Crippen molar-refractivity contribution in [2.24, 2.45) is 0 Å². The summed E-state index contributed by atoms with van der Waals surface area (Å²) in [6, 6.07) is 6.40. The fourth-order valence-electron chi connectivity index (χ4n) is 2.08. The van der Waals surface area contributed by atoms with E-state index in [4.69, 9.17) is 0 Å². The largest absolute Gasteiger partial charge is 0.373 e. The standard InChI is InChI=1S/C15H15NO4/c1-9(2)12(17)7-8-13(18)16-14(19)10-5-3-4-6-11(10)15(16)20/h3-6,13,18H,1,7-8H2,2H3. The molecule has 20 heavy (non-hydrogen) atoms. The number of ketones is 1. The van der Waals surface area contributed by atoms with E-state index in [0.717, 1.165) is 4.90 Å². The summed E-state index contributed by atoms with van der Waals surface area (Å²) >= 11 is 0. The zero-order valence-corrected chi connectivity index (χ0v) is 11.1. The van der Waals surface area contributed by atoms with Gasteiger partial charge in [0.1, 0.15) is 6.23 Å². The number of Topliss-reactive ketones (excluding diaryl/α,β-unsaturated/α-hetero) is 1. The number of allylic oxidation sites excluding steroid dienone is 1. The molecule has 1 N–H and O–H groups in total. The van der Waals surface area contributed by atoms with E-state index in [-0.39, 0.29) is 29.8 Å². The van der Waals surface area contributed by atoms with Gasteiger partial charge in [-0.3, -0.25) is 14.4 Å². The second kappa shape index (κ2) is 5.38. The minimum atomic E-state index is -1.30. The number of aliphatic hydroxyl groups is 1. The highest BCUT2D eigenvalue weighted by atomic mass is 16.3. The Labute approximate surface area is 116 Å². The average Bonchev–Trinajstić information content (AvgIpc) is 2.68. The number of imide groups is 1. The molecule has 2 rings (SSSR count). The molecular formula is C15H15NO4. The third-order valence-corrected chi connectivity index (χ3v) is 3.23. The summed E-state index contributed by atoms with van der Waals surface area (Å²) in [7, 11) is 0. The molecule has 1 unspecified atom stereocenters. The summed E-state index contributed by atoms with van der Waals surface area (Å²) in [5.74, 6) is -1.25. The van der Waals surface area contributed by atoms with E-state index >= 15 is 0 Å². The molecule has 0 aliphatic carbocycles. The van der Waals surface area contributed by atoms with E-state index in [1.165, 1.54) is 0 Å². The highest BCUT2D eigenvalue weighted by molar-refractivity contribution is 6.21. The van der Waals surface area contributed by atoms with Crippen LogP contribution in [0.2, 0.25) is 0 Å². The number of carbonyl (C=O) groups is 3. The third-order valence-electron chi connectivity index (χ3n) is 3.23. The van der Waals surface area contributed by atoms with Crippen molar-refractivity contribution in [3.8, 4) is 0 Å². The molecule has 1 aliphatic heterocycles. The van der Waals surface area contributed by atoms with Gasteiger partial charge >= 0.3 is 0 Å². The summed E-state index contributed by atoms with van der Waals surface area (Å²) in [5, 5.41) is 9.99. The molecule has 104 valence electrons. The lowest BCUT2D eigenvalue weighted by atomic mass is 10.1. The predicted octanol–water partition coefficient (Wildman–Crippen LogP) is 1.53. The Balaban J connectivity index is 2.11. The zero-order valence-electron chi connectivity index (χ0n) is 11.1. The van der Waals surface area contributed by atoms with Crippen LogP contribution in [0.25, 0.3) is 0 Å². The maximum atomic E-state index is 12.1. The predicted molar refractivity (Wildman–Crippen MR) is 72.0 cm³/mol. The minimum Gasteiger partial charge on any atom is -0.373 e. The van der Waals surface area contributed by atoms with E-state index in [1.807, 2.05) is 0 Å². The lowest BCUT2D eigenvalue weighted by molar-refractivity contribution is -0.116. The highest BCUT2D eigenvalue weighted by Crippen LogP contribution is 2.25.